The lowest BCUT2D eigenvalue weighted by Crippen LogP contribution is -2.34. The fourth-order valence-electron chi connectivity index (χ4n) is 1.72. The van der Waals surface area contributed by atoms with Crippen LogP contribution in [0.25, 0.3) is 0 Å². The highest BCUT2D eigenvalue weighted by molar-refractivity contribution is 5.80. The number of carbonyl (C=O) groups excluding carboxylic acids is 1. The van der Waals surface area contributed by atoms with Crippen molar-refractivity contribution in [3.05, 3.63) is 12.3 Å². The summed E-state index contributed by atoms with van der Waals surface area (Å²) < 4.78 is 1.35. The monoisotopic (exact) mass is 194 g/mol. The van der Waals surface area contributed by atoms with E-state index in [2.05, 4.69) is 10.4 Å². The topological polar surface area (TPSA) is 72.9 Å². The number of rotatable bonds is 1. The molecule has 0 aliphatic carbocycles. The summed E-state index contributed by atoms with van der Waals surface area (Å²) in [6.07, 6.45) is 3.40. The van der Waals surface area contributed by atoms with E-state index in [0.717, 1.165) is 25.9 Å². The van der Waals surface area contributed by atoms with E-state index in [0.29, 0.717) is 5.82 Å². The lowest BCUT2D eigenvalue weighted by molar-refractivity contribution is 0.0790. The van der Waals surface area contributed by atoms with E-state index in [9.17, 15) is 4.79 Å². The number of hydrogen-bond donors (Lipinski definition) is 2. The first-order chi connectivity index (χ1) is 6.77. The van der Waals surface area contributed by atoms with Crippen LogP contribution in [0, 0.1) is 5.92 Å². The number of nitrogen functional groups attached to an aromatic ring is 1. The van der Waals surface area contributed by atoms with Gasteiger partial charge in [0, 0.05) is 18.2 Å². The number of carbonyl (C=O) groups is 1. The zero-order valence-electron chi connectivity index (χ0n) is 7.94. The number of nitrogens with one attached hydrogen (secondary N) is 1. The summed E-state index contributed by atoms with van der Waals surface area (Å²) in [4.78, 5) is 11.8. The molecule has 0 atom stereocenters. The van der Waals surface area contributed by atoms with Gasteiger partial charge in [0.1, 0.15) is 5.82 Å². The van der Waals surface area contributed by atoms with Crippen molar-refractivity contribution in [2.75, 3.05) is 18.8 Å². The van der Waals surface area contributed by atoms with Crippen LogP contribution in [0.2, 0.25) is 0 Å². The van der Waals surface area contributed by atoms with Crippen LogP contribution in [0.15, 0.2) is 12.3 Å². The summed E-state index contributed by atoms with van der Waals surface area (Å²) in [7, 11) is 0. The lowest BCUT2D eigenvalue weighted by Gasteiger charge is -2.20. The van der Waals surface area contributed by atoms with Crippen LogP contribution in [0.1, 0.15) is 17.6 Å². The Morgan fingerprint density at radius 2 is 2.29 bits per heavy atom. The average Bonchev–Trinajstić information content (AvgIpc) is 2.65. The zero-order valence-corrected chi connectivity index (χ0v) is 7.94. The molecule has 0 bridgehead atoms. The number of piperidine rings is 1. The largest absolute Gasteiger partial charge is 0.382 e. The van der Waals surface area contributed by atoms with Gasteiger partial charge in [-0.1, -0.05) is 0 Å². The summed E-state index contributed by atoms with van der Waals surface area (Å²) in [6.45, 7) is 1.82. The van der Waals surface area contributed by atoms with E-state index in [1.54, 1.807) is 12.3 Å². The normalized spacial score (nSPS) is 18.3. The van der Waals surface area contributed by atoms with Crippen molar-refractivity contribution in [3.63, 3.8) is 0 Å². The molecule has 1 aliphatic heterocycles. The molecule has 1 saturated heterocycles. The number of nitrogens with two attached hydrogens (primary N) is 1. The molecule has 0 amide bonds. The molecule has 76 valence electrons. The van der Waals surface area contributed by atoms with Crippen LogP contribution in [-0.2, 0) is 0 Å². The van der Waals surface area contributed by atoms with Gasteiger partial charge in [-0.15, -0.1) is 5.10 Å². The molecular formula is C9H14N4O. The van der Waals surface area contributed by atoms with Gasteiger partial charge in [-0.2, -0.15) is 0 Å². The van der Waals surface area contributed by atoms with Gasteiger partial charge < -0.3 is 11.1 Å². The first kappa shape index (κ1) is 9.21. The molecule has 14 heavy (non-hydrogen) atoms. The Morgan fingerprint density at radius 3 is 2.86 bits per heavy atom. The van der Waals surface area contributed by atoms with Gasteiger partial charge in [0.25, 0.3) is 0 Å². The zero-order chi connectivity index (χ0) is 9.97. The molecule has 2 heterocycles. The van der Waals surface area contributed by atoms with Crippen LogP contribution < -0.4 is 11.1 Å². The van der Waals surface area contributed by atoms with Crippen LogP contribution >= 0.6 is 0 Å². The Morgan fingerprint density at radius 1 is 1.57 bits per heavy atom. The van der Waals surface area contributed by atoms with Gasteiger partial charge in [-0.05, 0) is 25.9 Å². The Labute approximate surface area is 82.3 Å². The van der Waals surface area contributed by atoms with Crippen LogP contribution in [0.5, 0.6) is 0 Å². The van der Waals surface area contributed by atoms with Crippen LogP contribution in [0.3, 0.4) is 0 Å². The van der Waals surface area contributed by atoms with Gasteiger partial charge in [0.05, 0.1) is 0 Å². The maximum atomic E-state index is 11.8. The SMILES string of the molecule is Nc1ccn(C(=O)C2CCNCC2)n1. The number of hydrogen-bond acceptors (Lipinski definition) is 4. The molecule has 1 aromatic rings. The highest BCUT2D eigenvalue weighted by Gasteiger charge is 2.22. The molecule has 1 aliphatic rings. The van der Waals surface area contributed by atoms with E-state index >= 15 is 0 Å². The molecule has 0 spiro atoms. The fourth-order valence-corrected chi connectivity index (χ4v) is 1.72. The van der Waals surface area contributed by atoms with Crippen molar-refractivity contribution in [1.29, 1.82) is 0 Å². The Kier molecular flexibility index (Phi) is 2.49. The molecular weight excluding hydrogens is 180 g/mol. The van der Waals surface area contributed by atoms with Crippen molar-refractivity contribution in [1.82, 2.24) is 15.1 Å². The Hall–Kier alpha value is -1.36. The third-order valence-corrected chi connectivity index (χ3v) is 2.52. The third kappa shape index (κ3) is 1.77. The van der Waals surface area contributed by atoms with Crippen LogP contribution in [0.4, 0.5) is 5.82 Å². The first-order valence-corrected chi connectivity index (χ1v) is 4.83. The maximum Gasteiger partial charge on any atom is 0.250 e. The van der Waals surface area contributed by atoms with Gasteiger partial charge in [-0.25, -0.2) is 4.68 Å². The minimum absolute atomic E-state index is 0.0585. The molecule has 5 heteroatoms. The van der Waals surface area contributed by atoms with Crippen molar-refractivity contribution in [3.8, 4) is 0 Å². The molecule has 0 aromatic carbocycles. The lowest BCUT2D eigenvalue weighted by atomic mass is 9.97. The Balaban J connectivity index is 2.07. The fraction of sp³-hybridized carbons (Fsp3) is 0.556. The van der Waals surface area contributed by atoms with E-state index in [1.807, 2.05) is 0 Å². The van der Waals surface area contributed by atoms with E-state index in [1.165, 1.54) is 4.68 Å². The first-order valence-electron chi connectivity index (χ1n) is 4.83. The maximum absolute atomic E-state index is 11.8. The third-order valence-electron chi connectivity index (χ3n) is 2.52. The minimum atomic E-state index is 0.0585. The summed E-state index contributed by atoms with van der Waals surface area (Å²) in [5.74, 6) is 0.547. The van der Waals surface area contributed by atoms with E-state index in [-0.39, 0.29) is 11.8 Å². The van der Waals surface area contributed by atoms with Gasteiger partial charge in [-0.3, -0.25) is 4.79 Å². The summed E-state index contributed by atoms with van der Waals surface area (Å²) >= 11 is 0. The molecule has 2 rings (SSSR count). The van der Waals surface area contributed by atoms with Crippen molar-refractivity contribution in [2.24, 2.45) is 5.92 Å². The van der Waals surface area contributed by atoms with Crippen LogP contribution in [-0.4, -0.2) is 28.8 Å². The second-order valence-corrected chi connectivity index (χ2v) is 3.55. The molecule has 5 nitrogen and oxygen atoms in total. The molecule has 1 fully saturated rings. The second kappa shape index (κ2) is 3.79. The highest BCUT2D eigenvalue weighted by Crippen LogP contribution is 2.14. The minimum Gasteiger partial charge on any atom is -0.382 e. The smallest absolute Gasteiger partial charge is 0.250 e. The van der Waals surface area contributed by atoms with Gasteiger partial charge in [0.15, 0.2) is 0 Å². The summed E-state index contributed by atoms with van der Waals surface area (Å²) in [5.41, 5.74) is 5.45. The standard InChI is InChI=1S/C9H14N4O/c10-8-3-6-13(12-8)9(14)7-1-4-11-5-2-7/h3,6-7,11H,1-2,4-5H2,(H2,10,12). The van der Waals surface area contributed by atoms with E-state index < -0.39 is 0 Å². The molecule has 0 saturated carbocycles. The number of nitrogens with zero attached hydrogens (tertiary/aromatic N) is 2. The summed E-state index contributed by atoms with van der Waals surface area (Å²) in [5, 5.41) is 7.13. The van der Waals surface area contributed by atoms with Crippen molar-refractivity contribution >= 4 is 11.7 Å². The molecule has 0 radical (unpaired) electrons. The number of aromatic nitrogens is 2. The van der Waals surface area contributed by atoms with Crippen molar-refractivity contribution in [2.45, 2.75) is 12.8 Å². The van der Waals surface area contributed by atoms with Gasteiger partial charge in [0.2, 0.25) is 5.91 Å². The molecule has 3 N–H and O–H groups in total. The van der Waals surface area contributed by atoms with Gasteiger partial charge >= 0.3 is 0 Å². The predicted octanol–water partition coefficient (Wildman–Crippen LogP) is 0.105. The van der Waals surface area contributed by atoms with E-state index in [4.69, 9.17) is 5.73 Å². The Bertz CT molecular complexity index is 327. The summed E-state index contributed by atoms with van der Waals surface area (Å²) in [6, 6.07) is 1.64. The molecule has 0 unspecified atom stereocenters. The second-order valence-electron chi connectivity index (χ2n) is 3.55. The highest BCUT2D eigenvalue weighted by atomic mass is 16.2. The quantitative estimate of drug-likeness (QED) is 0.665. The average molecular weight is 194 g/mol. The predicted molar refractivity (Wildman–Crippen MR) is 52.9 cm³/mol. The number of anilines is 1. The molecule has 1 aromatic heterocycles. The van der Waals surface area contributed by atoms with Crippen molar-refractivity contribution < 1.29 is 4.79 Å².